The minimum Gasteiger partial charge on any atom is -0.258 e. The van der Waals surface area contributed by atoms with E-state index in [1.807, 2.05) is 0 Å². The van der Waals surface area contributed by atoms with Crippen LogP contribution in [-0.2, 0) is 10.0 Å². The Bertz CT molecular complexity index is 602. The van der Waals surface area contributed by atoms with Crippen molar-refractivity contribution in [1.29, 1.82) is 0 Å². The van der Waals surface area contributed by atoms with Gasteiger partial charge in [-0.2, -0.15) is 0 Å². The summed E-state index contributed by atoms with van der Waals surface area (Å²) in [6.45, 7) is 2.51. The molecule has 0 aliphatic heterocycles. The zero-order valence-electron chi connectivity index (χ0n) is 14.4. The number of benzene rings is 1. The molecule has 0 unspecified atom stereocenters. The van der Waals surface area contributed by atoms with Crippen molar-refractivity contribution in [3.05, 3.63) is 34.4 Å². The molecule has 0 amide bonds. The van der Waals surface area contributed by atoms with Gasteiger partial charge in [0.25, 0.3) is 5.69 Å². The second-order valence-electron chi connectivity index (χ2n) is 5.95. The lowest BCUT2D eigenvalue weighted by Crippen LogP contribution is -2.25. The summed E-state index contributed by atoms with van der Waals surface area (Å²) in [6, 6.07) is 5.40. The third kappa shape index (κ3) is 7.40. The van der Waals surface area contributed by atoms with Gasteiger partial charge < -0.3 is 0 Å². The normalized spacial score (nSPS) is 11.5. The fourth-order valence-electron chi connectivity index (χ4n) is 2.56. The molecule has 0 aliphatic rings. The van der Waals surface area contributed by atoms with Crippen LogP contribution in [0.5, 0.6) is 0 Å². The highest BCUT2D eigenvalue weighted by Crippen LogP contribution is 2.22. The van der Waals surface area contributed by atoms with E-state index in [0.29, 0.717) is 6.54 Å². The highest BCUT2D eigenvalue weighted by Gasteiger charge is 2.24. The number of hydrogen-bond acceptors (Lipinski definition) is 4. The van der Waals surface area contributed by atoms with Gasteiger partial charge in [0.1, 0.15) is 0 Å². The number of unbranched alkanes of at least 4 members (excludes halogenated alkanes) is 8. The molecule has 1 N–H and O–H groups in total. The summed E-state index contributed by atoms with van der Waals surface area (Å²) in [5, 5.41) is 10.9. The van der Waals surface area contributed by atoms with Gasteiger partial charge in [-0.15, -0.1) is 0 Å². The second-order valence-corrected chi connectivity index (χ2v) is 7.69. The van der Waals surface area contributed by atoms with E-state index in [0.717, 1.165) is 19.3 Å². The van der Waals surface area contributed by atoms with E-state index in [-0.39, 0.29) is 4.90 Å². The van der Waals surface area contributed by atoms with Crippen LogP contribution in [0, 0.1) is 10.1 Å². The summed E-state index contributed by atoms with van der Waals surface area (Å²) < 4.78 is 26.8. The van der Waals surface area contributed by atoms with E-state index in [4.69, 9.17) is 0 Å². The fraction of sp³-hybridized carbons (Fsp3) is 0.647. The highest BCUT2D eigenvalue weighted by molar-refractivity contribution is 7.89. The molecule has 1 aromatic rings. The van der Waals surface area contributed by atoms with Crippen molar-refractivity contribution in [2.45, 2.75) is 69.6 Å². The van der Waals surface area contributed by atoms with Crippen LogP contribution in [0.1, 0.15) is 64.7 Å². The molecule has 136 valence electrons. The van der Waals surface area contributed by atoms with Gasteiger partial charge in [0.15, 0.2) is 4.90 Å². The molecular formula is C17H28N2O4S. The topological polar surface area (TPSA) is 89.3 Å². The largest absolute Gasteiger partial charge is 0.289 e. The Hall–Kier alpha value is -1.47. The first-order valence-corrected chi connectivity index (χ1v) is 10.2. The van der Waals surface area contributed by atoms with Crippen molar-refractivity contribution in [3.8, 4) is 0 Å². The van der Waals surface area contributed by atoms with Crippen LogP contribution in [0.4, 0.5) is 5.69 Å². The summed E-state index contributed by atoms with van der Waals surface area (Å²) in [5.74, 6) is 0. The summed E-state index contributed by atoms with van der Waals surface area (Å²) in [4.78, 5) is 9.98. The van der Waals surface area contributed by atoms with Crippen molar-refractivity contribution in [1.82, 2.24) is 4.72 Å². The summed E-state index contributed by atoms with van der Waals surface area (Å²) >= 11 is 0. The van der Waals surface area contributed by atoms with E-state index >= 15 is 0 Å². The molecule has 0 bridgehead atoms. The van der Waals surface area contributed by atoms with Gasteiger partial charge in [0.05, 0.1) is 4.92 Å². The first-order valence-electron chi connectivity index (χ1n) is 8.72. The minimum atomic E-state index is -3.84. The van der Waals surface area contributed by atoms with Crippen LogP contribution < -0.4 is 4.72 Å². The smallest absolute Gasteiger partial charge is 0.258 e. The second kappa shape index (κ2) is 11.1. The van der Waals surface area contributed by atoms with Crippen LogP contribution in [-0.4, -0.2) is 19.9 Å². The third-order valence-electron chi connectivity index (χ3n) is 3.92. The average Bonchev–Trinajstić information content (AvgIpc) is 2.56. The van der Waals surface area contributed by atoms with E-state index in [1.54, 1.807) is 0 Å². The Labute approximate surface area is 144 Å². The van der Waals surface area contributed by atoms with Crippen molar-refractivity contribution in [2.24, 2.45) is 0 Å². The quantitative estimate of drug-likeness (QED) is 0.322. The maximum atomic E-state index is 12.2. The van der Waals surface area contributed by atoms with E-state index in [9.17, 15) is 18.5 Å². The molecule has 0 aromatic heterocycles. The number of sulfonamides is 1. The van der Waals surface area contributed by atoms with Crippen molar-refractivity contribution in [2.75, 3.05) is 6.54 Å². The number of nitrogens with one attached hydrogen (secondary N) is 1. The summed E-state index contributed by atoms with van der Waals surface area (Å²) in [7, 11) is -3.84. The lowest BCUT2D eigenvalue weighted by atomic mass is 10.1. The van der Waals surface area contributed by atoms with Gasteiger partial charge in [-0.25, -0.2) is 13.1 Å². The van der Waals surface area contributed by atoms with Crippen molar-refractivity contribution >= 4 is 15.7 Å². The van der Waals surface area contributed by atoms with Crippen LogP contribution in [0.25, 0.3) is 0 Å². The molecule has 24 heavy (non-hydrogen) atoms. The van der Waals surface area contributed by atoms with E-state index < -0.39 is 20.6 Å². The van der Waals surface area contributed by atoms with Gasteiger partial charge in [-0.05, 0) is 12.5 Å². The maximum absolute atomic E-state index is 12.2. The monoisotopic (exact) mass is 356 g/mol. The Morgan fingerprint density at radius 1 is 0.958 bits per heavy atom. The predicted octanol–water partition coefficient (Wildman–Crippen LogP) is 4.40. The van der Waals surface area contributed by atoms with Gasteiger partial charge in [-0.1, -0.05) is 70.4 Å². The summed E-state index contributed by atoms with van der Waals surface area (Å²) in [6.07, 6.45) is 10.3. The fourth-order valence-corrected chi connectivity index (χ4v) is 3.80. The molecule has 1 aromatic carbocycles. The molecule has 0 spiro atoms. The Balaban J connectivity index is 2.29. The molecule has 1 rings (SSSR count). The molecule has 0 saturated heterocycles. The number of rotatable bonds is 13. The minimum absolute atomic E-state index is 0.272. The molecule has 0 heterocycles. The van der Waals surface area contributed by atoms with Gasteiger partial charge in [0, 0.05) is 12.6 Å². The Morgan fingerprint density at radius 2 is 1.50 bits per heavy atom. The number of nitrogens with zero attached hydrogens (tertiary/aromatic N) is 1. The number of hydrogen-bond donors (Lipinski definition) is 1. The van der Waals surface area contributed by atoms with E-state index in [2.05, 4.69) is 11.6 Å². The summed E-state index contributed by atoms with van der Waals surface area (Å²) in [5.41, 5.74) is -0.392. The standard InChI is InChI=1S/C17H28N2O4S/c1-2-3-4-5-6-7-8-9-12-15-18-24(22,23)17-14-11-10-13-16(17)19(20)21/h10-11,13-14,18H,2-9,12,15H2,1H3. The van der Waals surface area contributed by atoms with Crippen LogP contribution in [0.3, 0.4) is 0 Å². The Morgan fingerprint density at radius 3 is 2.08 bits per heavy atom. The van der Waals surface area contributed by atoms with Gasteiger partial charge in [-0.3, -0.25) is 10.1 Å². The van der Waals surface area contributed by atoms with Crippen LogP contribution in [0.15, 0.2) is 29.2 Å². The van der Waals surface area contributed by atoms with Crippen molar-refractivity contribution < 1.29 is 13.3 Å². The van der Waals surface area contributed by atoms with Crippen LogP contribution >= 0.6 is 0 Å². The zero-order chi connectivity index (χ0) is 17.8. The molecule has 0 fully saturated rings. The first-order chi connectivity index (χ1) is 11.5. The maximum Gasteiger partial charge on any atom is 0.289 e. The molecule has 0 radical (unpaired) electrons. The molecule has 0 aliphatic carbocycles. The van der Waals surface area contributed by atoms with Gasteiger partial charge in [0.2, 0.25) is 10.0 Å². The zero-order valence-corrected chi connectivity index (χ0v) is 15.2. The molecule has 0 saturated carbocycles. The van der Waals surface area contributed by atoms with Crippen molar-refractivity contribution in [3.63, 3.8) is 0 Å². The SMILES string of the molecule is CCCCCCCCCCCNS(=O)(=O)c1ccccc1[N+](=O)[O-]. The lowest BCUT2D eigenvalue weighted by Gasteiger charge is -2.07. The first kappa shape index (κ1) is 20.6. The van der Waals surface area contributed by atoms with E-state index in [1.165, 1.54) is 62.8 Å². The molecule has 7 heteroatoms. The predicted molar refractivity (Wildman–Crippen MR) is 95.5 cm³/mol. The number of para-hydroxylation sites is 1. The molecule has 6 nitrogen and oxygen atoms in total. The highest BCUT2D eigenvalue weighted by atomic mass is 32.2. The average molecular weight is 356 g/mol. The molecule has 0 atom stereocenters. The van der Waals surface area contributed by atoms with Gasteiger partial charge >= 0.3 is 0 Å². The lowest BCUT2D eigenvalue weighted by molar-refractivity contribution is -0.387. The number of nitro benzene ring substituents is 1. The molecular weight excluding hydrogens is 328 g/mol. The Kier molecular flexibility index (Phi) is 9.56. The van der Waals surface area contributed by atoms with Crippen LogP contribution in [0.2, 0.25) is 0 Å². The number of nitro groups is 1. The third-order valence-corrected chi connectivity index (χ3v) is 5.43.